The molecule has 0 saturated heterocycles. The fraction of sp³-hybridized carbons (Fsp3) is 0.625. The highest BCUT2D eigenvalue weighted by Gasteiger charge is 2.27. The second-order valence-electron chi connectivity index (χ2n) is 14.5. The first-order valence-corrected chi connectivity index (χ1v) is 23.8. The fourth-order valence-electron chi connectivity index (χ4n) is 5.24. The van der Waals surface area contributed by atoms with Gasteiger partial charge >= 0.3 is 19.8 Å². The SMILES string of the molecule is CCCCC/C=C\C/C=C\C/C=C\C/C=C\CCCCCC(=O)O[C@H](COC(=O)CCC/C=C\C/C=C\C/C=C\C/C=C\CC[C@@H](O)CC)COP(=O)(O)OC[C@@H](O)CO. The van der Waals surface area contributed by atoms with E-state index in [-0.39, 0.29) is 25.6 Å². The molecule has 0 amide bonds. The van der Waals surface area contributed by atoms with E-state index in [1.165, 1.54) is 25.7 Å². The molecule has 12 heteroatoms. The summed E-state index contributed by atoms with van der Waals surface area (Å²) in [6, 6.07) is 0. The predicted molar refractivity (Wildman–Crippen MR) is 243 cm³/mol. The number of ether oxygens (including phenoxy) is 2. The van der Waals surface area contributed by atoms with E-state index < -0.39 is 51.8 Å². The lowest BCUT2D eigenvalue weighted by Gasteiger charge is -2.20. The summed E-state index contributed by atoms with van der Waals surface area (Å²) in [5, 5.41) is 27.9. The van der Waals surface area contributed by atoms with Crippen molar-refractivity contribution in [1.82, 2.24) is 0 Å². The number of carbonyl (C=O) groups is 2. The third kappa shape index (κ3) is 41.6. The van der Waals surface area contributed by atoms with Crippen molar-refractivity contribution in [2.45, 2.75) is 167 Å². The minimum atomic E-state index is -4.65. The van der Waals surface area contributed by atoms with Crippen LogP contribution in [0.1, 0.15) is 149 Å². The molecule has 0 aliphatic rings. The van der Waals surface area contributed by atoms with Crippen molar-refractivity contribution >= 4 is 19.8 Å². The summed E-state index contributed by atoms with van der Waals surface area (Å²) in [4.78, 5) is 35.0. The maximum Gasteiger partial charge on any atom is 0.472 e. The molecule has 0 aliphatic heterocycles. The normalized spacial score (nSPS) is 15.2. The van der Waals surface area contributed by atoms with Crippen molar-refractivity contribution in [3.05, 3.63) is 97.2 Å². The van der Waals surface area contributed by atoms with Crippen LogP contribution in [0.25, 0.3) is 0 Å². The first-order chi connectivity index (χ1) is 29.1. The van der Waals surface area contributed by atoms with Crippen LogP contribution in [0.2, 0.25) is 0 Å². The number of phosphoric ester groups is 1. The molecule has 0 aromatic heterocycles. The van der Waals surface area contributed by atoms with Gasteiger partial charge in [-0.1, -0.05) is 130 Å². The predicted octanol–water partition coefficient (Wildman–Crippen LogP) is 11.0. The molecule has 4 N–H and O–H groups in total. The average molecular weight is 863 g/mol. The third-order valence-corrected chi connectivity index (χ3v) is 9.83. The summed E-state index contributed by atoms with van der Waals surface area (Å²) in [6.45, 7) is 1.94. The Morgan fingerprint density at radius 2 is 0.983 bits per heavy atom. The van der Waals surface area contributed by atoms with Gasteiger partial charge in [0.05, 0.1) is 25.9 Å². The minimum Gasteiger partial charge on any atom is -0.462 e. The number of hydrogen-bond acceptors (Lipinski definition) is 10. The molecule has 0 radical (unpaired) electrons. The van der Waals surface area contributed by atoms with E-state index in [9.17, 15) is 29.3 Å². The van der Waals surface area contributed by atoms with Crippen LogP contribution < -0.4 is 0 Å². The molecule has 0 heterocycles. The van der Waals surface area contributed by atoms with Gasteiger partial charge in [0.15, 0.2) is 6.10 Å². The van der Waals surface area contributed by atoms with Gasteiger partial charge < -0.3 is 29.7 Å². The highest BCUT2D eigenvalue weighted by Crippen LogP contribution is 2.43. The molecule has 0 aliphatic carbocycles. The van der Waals surface area contributed by atoms with Crippen LogP contribution in [0.5, 0.6) is 0 Å². The van der Waals surface area contributed by atoms with Crippen LogP contribution in [0.3, 0.4) is 0 Å². The Hall–Kier alpha value is -3.15. The fourth-order valence-corrected chi connectivity index (χ4v) is 6.03. The van der Waals surface area contributed by atoms with E-state index in [0.29, 0.717) is 19.3 Å². The van der Waals surface area contributed by atoms with Crippen LogP contribution in [-0.4, -0.2) is 76.9 Å². The Labute approximate surface area is 362 Å². The van der Waals surface area contributed by atoms with Gasteiger partial charge in [-0.3, -0.25) is 18.6 Å². The van der Waals surface area contributed by atoms with E-state index in [4.69, 9.17) is 19.1 Å². The lowest BCUT2D eigenvalue weighted by atomic mass is 10.1. The van der Waals surface area contributed by atoms with Gasteiger partial charge in [-0.05, 0) is 103 Å². The Bertz CT molecular complexity index is 1330. The molecule has 0 spiro atoms. The second-order valence-corrected chi connectivity index (χ2v) is 16.0. The van der Waals surface area contributed by atoms with Gasteiger partial charge in [-0.25, -0.2) is 4.57 Å². The molecule has 4 atom stereocenters. The highest BCUT2D eigenvalue weighted by molar-refractivity contribution is 7.47. The molecular formula is C48H79O11P. The van der Waals surface area contributed by atoms with Crippen LogP contribution >= 0.6 is 7.82 Å². The molecule has 60 heavy (non-hydrogen) atoms. The number of unbranched alkanes of at least 4 members (excludes halogenated alkanes) is 7. The number of rotatable bonds is 40. The number of aliphatic hydroxyl groups excluding tert-OH is 3. The zero-order valence-electron chi connectivity index (χ0n) is 36.7. The molecule has 0 aromatic carbocycles. The molecule has 0 rings (SSSR count). The molecule has 11 nitrogen and oxygen atoms in total. The van der Waals surface area contributed by atoms with E-state index in [0.717, 1.165) is 77.0 Å². The second kappa shape index (κ2) is 42.5. The van der Waals surface area contributed by atoms with E-state index in [2.05, 4.69) is 96.5 Å². The number of hydrogen-bond donors (Lipinski definition) is 4. The van der Waals surface area contributed by atoms with Crippen molar-refractivity contribution in [3.63, 3.8) is 0 Å². The minimum absolute atomic E-state index is 0.122. The number of aliphatic hydroxyl groups is 3. The summed E-state index contributed by atoms with van der Waals surface area (Å²) >= 11 is 0. The summed E-state index contributed by atoms with van der Waals surface area (Å²) < 4.78 is 32.6. The van der Waals surface area contributed by atoms with Crippen LogP contribution in [0, 0.1) is 0 Å². The quantitative estimate of drug-likeness (QED) is 0.0200. The largest absolute Gasteiger partial charge is 0.472 e. The number of allylic oxidation sites excluding steroid dienone is 16. The Morgan fingerprint density at radius 3 is 1.48 bits per heavy atom. The maximum absolute atomic E-state index is 12.6. The highest BCUT2D eigenvalue weighted by atomic mass is 31.2. The number of esters is 2. The van der Waals surface area contributed by atoms with Crippen molar-refractivity contribution < 1.29 is 52.9 Å². The Kier molecular flexibility index (Phi) is 40.3. The first-order valence-electron chi connectivity index (χ1n) is 22.3. The molecule has 0 bridgehead atoms. The van der Waals surface area contributed by atoms with Crippen molar-refractivity contribution in [3.8, 4) is 0 Å². The van der Waals surface area contributed by atoms with Crippen LogP contribution in [-0.2, 0) is 32.7 Å². The van der Waals surface area contributed by atoms with Gasteiger partial charge in [-0.15, -0.1) is 0 Å². The summed E-state index contributed by atoms with van der Waals surface area (Å²) in [5.41, 5.74) is 0. The molecule has 1 unspecified atom stereocenters. The summed E-state index contributed by atoms with van der Waals surface area (Å²) in [6.07, 6.45) is 48.9. The lowest BCUT2D eigenvalue weighted by molar-refractivity contribution is -0.161. The van der Waals surface area contributed by atoms with Crippen LogP contribution in [0.15, 0.2) is 97.2 Å². The molecular weight excluding hydrogens is 783 g/mol. The topological polar surface area (TPSA) is 169 Å². The lowest BCUT2D eigenvalue weighted by Crippen LogP contribution is -2.29. The zero-order valence-corrected chi connectivity index (χ0v) is 37.6. The Morgan fingerprint density at radius 1 is 0.533 bits per heavy atom. The van der Waals surface area contributed by atoms with Crippen molar-refractivity contribution in [2.75, 3.05) is 26.4 Å². The van der Waals surface area contributed by atoms with Gasteiger partial charge in [0.25, 0.3) is 0 Å². The molecule has 0 saturated carbocycles. The number of carbonyl (C=O) groups excluding carboxylic acids is 2. The van der Waals surface area contributed by atoms with E-state index in [1.807, 2.05) is 19.1 Å². The van der Waals surface area contributed by atoms with Crippen LogP contribution in [0.4, 0.5) is 0 Å². The van der Waals surface area contributed by atoms with E-state index >= 15 is 0 Å². The zero-order chi connectivity index (χ0) is 44.2. The molecule has 0 fully saturated rings. The van der Waals surface area contributed by atoms with Gasteiger partial charge in [-0.2, -0.15) is 0 Å². The smallest absolute Gasteiger partial charge is 0.462 e. The summed E-state index contributed by atoms with van der Waals surface area (Å²) in [5.74, 6) is -1.06. The van der Waals surface area contributed by atoms with Gasteiger partial charge in [0, 0.05) is 12.8 Å². The monoisotopic (exact) mass is 863 g/mol. The van der Waals surface area contributed by atoms with Crippen molar-refractivity contribution in [2.24, 2.45) is 0 Å². The first kappa shape index (κ1) is 56.9. The summed E-state index contributed by atoms with van der Waals surface area (Å²) in [7, 11) is -4.65. The molecule has 342 valence electrons. The Balaban J connectivity index is 4.47. The number of phosphoric acid groups is 1. The van der Waals surface area contributed by atoms with Gasteiger partial charge in [0.2, 0.25) is 0 Å². The van der Waals surface area contributed by atoms with E-state index in [1.54, 1.807) is 0 Å². The molecule has 0 aromatic rings. The average Bonchev–Trinajstić information content (AvgIpc) is 3.24. The maximum atomic E-state index is 12.6. The van der Waals surface area contributed by atoms with Crippen molar-refractivity contribution in [1.29, 1.82) is 0 Å². The third-order valence-electron chi connectivity index (χ3n) is 8.87. The van der Waals surface area contributed by atoms with Gasteiger partial charge in [0.1, 0.15) is 12.7 Å². The standard InChI is InChI=1S/C48H79O11P/c1-3-5-6-7-8-9-10-11-12-13-14-15-16-21-24-27-30-33-36-39-48(53)59-46(43-58-60(54,55)57-41-45(51)40-49)42-56-47(52)38-35-32-29-26-23-20-18-17-19-22-25-28-31-34-37-44(50)4-2/h8-9,11-12,14-15,18-22,24,26,28-29,31,44-46,49-51H,3-7,10,13,16-17,23,25,27,30,32-43H2,1-2H3,(H,54,55)/b9-8-,12-11-,15-14-,20-18-,22-19-,24-21-,29-26-,31-28-/t44-,45-,46+/m0/s1.